The first-order chi connectivity index (χ1) is 8.45. The first-order valence-electron chi connectivity index (χ1n) is 5.73. The fourth-order valence-electron chi connectivity index (χ4n) is 1.53. The normalized spacial score (nSPS) is 11.3. The van der Waals surface area contributed by atoms with Gasteiger partial charge >= 0.3 is 0 Å². The Balaban J connectivity index is 1.85. The topological polar surface area (TPSA) is 0 Å². The third-order valence-corrected chi connectivity index (χ3v) is 2.40. The summed E-state index contributed by atoms with van der Waals surface area (Å²) < 4.78 is 0. The van der Waals surface area contributed by atoms with Crippen LogP contribution in [0.15, 0.2) is 78.9 Å². The Morgan fingerprint density at radius 3 is 1.76 bits per heavy atom. The molecule has 0 N–H and O–H groups in total. The van der Waals surface area contributed by atoms with Crippen molar-refractivity contribution < 1.29 is 0 Å². The van der Waals surface area contributed by atoms with Crippen LogP contribution in [0.2, 0.25) is 0 Å². The molecule has 0 nitrogen and oxygen atoms in total. The summed E-state index contributed by atoms with van der Waals surface area (Å²) in [6, 6.07) is 20.6. The van der Waals surface area contributed by atoms with Gasteiger partial charge in [0.05, 0.1) is 0 Å². The summed E-state index contributed by atoms with van der Waals surface area (Å²) in [5, 5.41) is 0. The molecule has 0 aromatic heterocycles. The molecular formula is C17H15. The van der Waals surface area contributed by atoms with Crippen LogP contribution >= 0.6 is 0 Å². The van der Waals surface area contributed by atoms with Gasteiger partial charge in [-0.3, -0.25) is 0 Å². The zero-order valence-electron chi connectivity index (χ0n) is 9.66. The van der Waals surface area contributed by atoms with E-state index >= 15 is 0 Å². The van der Waals surface area contributed by atoms with Gasteiger partial charge in [-0.15, -0.1) is 0 Å². The predicted octanol–water partition coefficient (Wildman–Crippen LogP) is 4.51. The monoisotopic (exact) mass is 219 g/mol. The van der Waals surface area contributed by atoms with Crippen molar-refractivity contribution in [2.75, 3.05) is 0 Å². The zero-order chi connectivity index (χ0) is 11.8. The molecule has 0 atom stereocenters. The number of hydrogen-bond acceptors (Lipinski definition) is 0. The van der Waals surface area contributed by atoms with E-state index in [0.717, 1.165) is 0 Å². The Hall–Kier alpha value is -2.08. The lowest BCUT2D eigenvalue weighted by Gasteiger charge is -1.92. The molecule has 0 aliphatic heterocycles. The van der Waals surface area contributed by atoms with Gasteiger partial charge in [-0.05, 0) is 11.1 Å². The van der Waals surface area contributed by atoms with Gasteiger partial charge < -0.3 is 0 Å². The minimum atomic E-state index is 1.22. The highest BCUT2D eigenvalue weighted by Gasteiger charge is 1.85. The molecule has 0 aliphatic carbocycles. The van der Waals surface area contributed by atoms with Crippen LogP contribution in [0.5, 0.6) is 0 Å². The average molecular weight is 219 g/mol. The summed E-state index contributed by atoms with van der Waals surface area (Å²) in [4.78, 5) is 0. The van der Waals surface area contributed by atoms with Gasteiger partial charge in [-0.1, -0.05) is 85.0 Å². The van der Waals surface area contributed by atoms with Crippen LogP contribution in [-0.2, 0) is 0 Å². The maximum atomic E-state index is 2.09. The molecule has 1 radical (unpaired) electrons. The van der Waals surface area contributed by atoms with E-state index in [4.69, 9.17) is 0 Å². The van der Waals surface area contributed by atoms with E-state index in [1.807, 2.05) is 42.5 Å². The van der Waals surface area contributed by atoms with Crippen LogP contribution in [0, 0.1) is 6.42 Å². The van der Waals surface area contributed by atoms with Gasteiger partial charge in [0, 0.05) is 6.42 Å². The van der Waals surface area contributed by atoms with E-state index in [0.29, 0.717) is 0 Å². The lowest BCUT2D eigenvalue weighted by atomic mass is 10.1. The molecule has 0 amide bonds. The highest BCUT2D eigenvalue weighted by molar-refractivity contribution is 5.50. The zero-order valence-corrected chi connectivity index (χ0v) is 9.66. The summed E-state index contributed by atoms with van der Waals surface area (Å²) in [7, 11) is 0. The van der Waals surface area contributed by atoms with Crippen LogP contribution < -0.4 is 0 Å². The van der Waals surface area contributed by atoms with E-state index in [1.165, 1.54) is 11.1 Å². The van der Waals surface area contributed by atoms with Crippen molar-refractivity contribution in [2.45, 2.75) is 0 Å². The lowest BCUT2D eigenvalue weighted by molar-refractivity contribution is 1.52. The number of benzene rings is 2. The maximum absolute atomic E-state index is 2.09. The summed E-state index contributed by atoms with van der Waals surface area (Å²) in [5.74, 6) is 0. The molecule has 0 unspecified atom stereocenters. The third-order valence-electron chi connectivity index (χ3n) is 2.40. The van der Waals surface area contributed by atoms with Crippen LogP contribution in [0.3, 0.4) is 0 Å². The highest BCUT2D eigenvalue weighted by Crippen LogP contribution is 2.04. The lowest BCUT2D eigenvalue weighted by Crippen LogP contribution is -1.74. The van der Waals surface area contributed by atoms with Gasteiger partial charge in [-0.25, -0.2) is 0 Å². The molecular weight excluding hydrogens is 204 g/mol. The molecule has 0 heteroatoms. The van der Waals surface area contributed by atoms with Crippen molar-refractivity contribution in [3.05, 3.63) is 96.4 Å². The Labute approximate surface area is 103 Å². The van der Waals surface area contributed by atoms with E-state index in [1.54, 1.807) is 0 Å². The molecule has 0 saturated heterocycles. The molecule has 0 heterocycles. The second-order valence-corrected chi connectivity index (χ2v) is 3.73. The van der Waals surface area contributed by atoms with Gasteiger partial charge in [0.1, 0.15) is 0 Å². The molecule has 17 heavy (non-hydrogen) atoms. The summed E-state index contributed by atoms with van der Waals surface area (Å²) in [6.45, 7) is 0. The van der Waals surface area contributed by atoms with Gasteiger partial charge in [0.25, 0.3) is 0 Å². The largest absolute Gasteiger partial charge is 0.0761 e. The van der Waals surface area contributed by atoms with Crippen molar-refractivity contribution in [2.24, 2.45) is 0 Å². The second-order valence-electron chi connectivity index (χ2n) is 3.73. The summed E-state index contributed by atoms with van der Waals surface area (Å²) in [5.41, 5.74) is 2.44. The van der Waals surface area contributed by atoms with Gasteiger partial charge in [-0.2, -0.15) is 0 Å². The molecule has 0 bridgehead atoms. The van der Waals surface area contributed by atoms with Crippen LogP contribution in [0.1, 0.15) is 11.1 Å². The first kappa shape index (κ1) is 11.4. The smallest absolute Gasteiger partial charge is 0.0125 e. The van der Waals surface area contributed by atoms with E-state index in [-0.39, 0.29) is 0 Å². The highest BCUT2D eigenvalue weighted by atomic mass is 13.9. The molecule has 83 valence electrons. The number of rotatable bonds is 4. The Bertz CT molecular complexity index is 478. The van der Waals surface area contributed by atoms with E-state index in [9.17, 15) is 0 Å². The Kier molecular flexibility index (Phi) is 4.36. The standard InChI is InChI=1S/C17H15/c1-4-10-16(11-5-1)14-8-3-9-15-17-12-6-2-7-13-17/h1-15H/b8-3+,15-9+. The van der Waals surface area contributed by atoms with Gasteiger partial charge in [0.15, 0.2) is 0 Å². The fraction of sp³-hybridized carbons (Fsp3) is 0. The van der Waals surface area contributed by atoms with Crippen molar-refractivity contribution >= 4 is 6.08 Å². The molecule has 2 aromatic carbocycles. The van der Waals surface area contributed by atoms with Crippen molar-refractivity contribution in [3.8, 4) is 0 Å². The van der Waals surface area contributed by atoms with E-state index < -0.39 is 0 Å². The second kappa shape index (κ2) is 6.49. The molecule has 2 rings (SSSR count). The van der Waals surface area contributed by atoms with Crippen molar-refractivity contribution in [1.29, 1.82) is 0 Å². The van der Waals surface area contributed by atoms with Crippen LogP contribution in [-0.4, -0.2) is 0 Å². The van der Waals surface area contributed by atoms with Crippen LogP contribution in [0.4, 0.5) is 0 Å². The minimum absolute atomic E-state index is 1.22. The Morgan fingerprint density at radius 2 is 1.12 bits per heavy atom. The predicted molar refractivity (Wildman–Crippen MR) is 74.5 cm³/mol. The number of hydrogen-bond donors (Lipinski definition) is 0. The molecule has 0 saturated carbocycles. The summed E-state index contributed by atoms with van der Waals surface area (Å²) >= 11 is 0. The van der Waals surface area contributed by atoms with E-state index in [2.05, 4.69) is 48.9 Å². The first-order valence-corrected chi connectivity index (χ1v) is 5.73. The molecule has 0 aliphatic rings. The van der Waals surface area contributed by atoms with Gasteiger partial charge in [0.2, 0.25) is 0 Å². The SMILES string of the molecule is [CH](/C=C/C=C/c1ccccc1)c1ccccc1. The Morgan fingerprint density at radius 1 is 0.529 bits per heavy atom. The summed E-state index contributed by atoms with van der Waals surface area (Å²) in [6.07, 6.45) is 10.3. The maximum Gasteiger partial charge on any atom is 0.0125 e. The molecule has 0 spiro atoms. The van der Waals surface area contributed by atoms with Crippen molar-refractivity contribution in [1.82, 2.24) is 0 Å². The number of allylic oxidation sites excluding steroid dienone is 3. The average Bonchev–Trinajstić information content (AvgIpc) is 2.41. The van der Waals surface area contributed by atoms with Crippen molar-refractivity contribution in [3.63, 3.8) is 0 Å². The quantitative estimate of drug-likeness (QED) is 0.664. The molecule has 0 fully saturated rings. The fourth-order valence-corrected chi connectivity index (χ4v) is 1.53. The van der Waals surface area contributed by atoms with Crippen LogP contribution in [0.25, 0.3) is 6.08 Å². The molecule has 2 aromatic rings. The minimum Gasteiger partial charge on any atom is -0.0761 e. The third kappa shape index (κ3) is 4.12.